The van der Waals surface area contributed by atoms with E-state index in [1.165, 1.54) is 11.1 Å². The molecular weight excluding hydrogens is 298 g/mol. The second kappa shape index (κ2) is 8.11. The summed E-state index contributed by atoms with van der Waals surface area (Å²) in [7, 11) is 0. The zero-order valence-corrected chi connectivity index (χ0v) is 14.3. The average Bonchev–Trinajstić information content (AvgIpc) is 2.67. The second-order valence-corrected chi connectivity index (χ2v) is 6.28. The van der Waals surface area contributed by atoms with Gasteiger partial charge in [-0.3, -0.25) is 4.79 Å². The normalized spacial score (nSPS) is 16.0. The van der Waals surface area contributed by atoms with E-state index in [1.807, 2.05) is 23.1 Å². The molecule has 1 saturated heterocycles. The maximum Gasteiger partial charge on any atom is 0.254 e. The average molecular weight is 323 g/mol. The van der Waals surface area contributed by atoms with E-state index in [2.05, 4.69) is 43.3 Å². The number of hydrogen-bond donors (Lipinski definition) is 0. The second-order valence-electron chi connectivity index (χ2n) is 6.28. The Kier molecular flexibility index (Phi) is 5.65. The monoisotopic (exact) mass is 323 g/mol. The third-order valence-electron chi connectivity index (χ3n) is 4.61. The summed E-state index contributed by atoms with van der Waals surface area (Å²) in [5.41, 5.74) is 3.32. The molecule has 126 valence electrons. The number of ether oxygens (including phenoxy) is 1. The first-order valence-corrected chi connectivity index (χ1v) is 8.81. The van der Waals surface area contributed by atoms with Crippen molar-refractivity contribution in [1.82, 2.24) is 4.90 Å². The smallest absolute Gasteiger partial charge is 0.254 e. The van der Waals surface area contributed by atoms with Crippen molar-refractivity contribution in [2.45, 2.75) is 25.7 Å². The molecule has 2 aromatic carbocycles. The zero-order chi connectivity index (χ0) is 16.8. The molecule has 0 bridgehead atoms. The lowest BCUT2D eigenvalue weighted by Crippen LogP contribution is -2.40. The molecule has 1 aliphatic heterocycles. The molecule has 1 aliphatic rings. The van der Waals surface area contributed by atoms with Gasteiger partial charge in [-0.05, 0) is 29.7 Å². The number of rotatable bonds is 5. The predicted octanol–water partition coefficient (Wildman–Crippen LogP) is 4.09. The number of hydrogen-bond acceptors (Lipinski definition) is 2. The molecule has 0 spiro atoms. The van der Waals surface area contributed by atoms with Crippen LogP contribution in [0.15, 0.2) is 54.6 Å². The molecule has 2 aromatic rings. The summed E-state index contributed by atoms with van der Waals surface area (Å²) in [4.78, 5) is 14.6. The molecule has 1 atom stereocenters. The highest BCUT2D eigenvalue weighted by molar-refractivity contribution is 5.94. The standard InChI is InChI=1S/C21H25NO2/c1-2-7-20(17-8-4-3-5-9-17)18-10-6-11-19(16-18)21(23)22-12-14-24-15-13-22/h3-6,8-11,16,20H,2,7,12-15H2,1H3. The van der Waals surface area contributed by atoms with Gasteiger partial charge in [0.05, 0.1) is 13.2 Å². The first kappa shape index (κ1) is 16.7. The number of carbonyl (C=O) groups excluding carboxylic acids is 1. The van der Waals surface area contributed by atoms with E-state index in [0.29, 0.717) is 32.2 Å². The van der Waals surface area contributed by atoms with Crippen molar-refractivity contribution in [2.75, 3.05) is 26.3 Å². The van der Waals surface area contributed by atoms with Gasteiger partial charge < -0.3 is 9.64 Å². The van der Waals surface area contributed by atoms with Crippen molar-refractivity contribution in [1.29, 1.82) is 0 Å². The molecule has 0 N–H and O–H groups in total. The first-order chi connectivity index (χ1) is 11.8. The molecule has 24 heavy (non-hydrogen) atoms. The Labute approximate surface area is 144 Å². The summed E-state index contributed by atoms with van der Waals surface area (Å²) < 4.78 is 5.34. The number of carbonyl (C=O) groups is 1. The Morgan fingerprint density at radius 3 is 2.46 bits per heavy atom. The molecule has 0 aromatic heterocycles. The predicted molar refractivity (Wildman–Crippen MR) is 96.4 cm³/mol. The fraction of sp³-hybridized carbons (Fsp3) is 0.381. The van der Waals surface area contributed by atoms with E-state index in [9.17, 15) is 4.79 Å². The van der Waals surface area contributed by atoms with E-state index in [1.54, 1.807) is 0 Å². The number of benzene rings is 2. The van der Waals surface area contributed by atoms with Gasteiger partial charge in [0.15, 0.2) is 0 Å². The highest BCUT2D eigenvalue weighted by Gasteiger charge is 2.20. The Hall–Kier alpha value is -2.13. The number of nitrogens with zero attached hydrogens (tertiary/aromatic N) is 1. The van der Waals surface area contributed by atoms with Crippen LogP contribution in [0.25, 0.3) is 0 Å². The maximum atomic E-state index is 12.7. The summed E-state index contributed by atoms with van der Waals surface area (Å²) in [6.45, 7) is 4.83. The lowest BCUT2D eigenvalue weighted by Gasteiger charge is -2.27. The van der Waals surface area contributed by atoms with Gasteiger partial charge in [0, 0.05) is 24.6 Å². The van der Waals surface area contributed by atoms with Crippen LogP contribution in [0.4, 0.5) is 0 Å². The van der Waals surface area contributed by atoms with Crippen molar-refractivity contribution in [3.05, 3.63) is 71.3 Å². The van der Waals surface area contributed by atoms with Crippen LogP contribution in [-0.4, -0.2) is 37.1 Å². The minimum absolute atomic E-state index is 0.114. The Bertz CT molecular complexity index is 663. The summed E-state index contributed by atoms with van der Waals surface area (Å²) >= 11 is 0. The fourth-order valence-corrected chi connectivity index (χ4v) is 3.34. The van der Waals surface area contributed by atoms with Crippen LogP contribution in [0.3, 0.4) is 0 Å². The molecule has 0 aliphatic carbocycles. The lowest BCUT2D eigenvalue weighted by atomic mass is 9.87. The number of morpholine rings is 1. The van der Waals surface area contributed by atoms with E-state index in [0.717, 1.165) is 18.4 Å². The topological polar surface area (TPSA) is 29.5 Å². The Morgan fingerprint density at radius 1 is 1.04 bits per heavy atom. The van der Waals surface area contributed by atoms with Gasteiger partial charge in [-0.15, -0.1) is 0 Å². The van der Waals surface area contributed by atoms with Gasteiger partial charge in [0.1, 0.15) is 0 Å². The first-order valence-electron chi connectivity index (χ1n) is 8.81. The fourth-order valence-electron chi connectivity index (χ4n) is 3.34. The molecule has 1 unspecified atom stereocenters. The van der Waals surface area contributed by atoms with Gasteiger partial charge in [-0.1, -0.05) is 55.8 Å². The Morgan fingerprint density at radius 2 is 1.75 bits per heavy atom. The molecule has 1 amide bonds. The van der Waals surface area contributed by atoms with Gasteiger partial charge >= 0.3 is 0 Å². The van der Waals surface area contributed by atoms with Crippen molar-refractivity contribution in [3.8, 4) is 0 Å². The highest BCUT2D eigenvalue weighted by Crippen LogP contribution is 2.29. The van der Waals surface area contributed by atoms with Crippen LogP contribution in [0.5, 0.6) is 0 Å². The molecule has 3 nitrogen and oxygen atoms in total. The van der Waals surface area contributed by atoms with Crippen LogP contribution < -0.4 is 0 Å². The van der Waals surface area contributed by atoms with Crippen molar-refractivity contribution in [2.24, 2.45) is 0 Å². The van der Waals surface area contributed by atoms with E-state index in [-0.39, 0.29) is 5.91 Å². The SMILES string of the molecule is CCCC(c1ccccc1)c1cccc(C(=O)N2CCOCC2)c1. The summed E-state index contributed by atoms with van der Waals surface area (Å²) in [5.74, 6) is 0.456. The molecule has 0 saturated carbocycles. The van der Waals surface area contributed by atoms with Gasteiger partial charge in [0.2, 0.25) is 0 Å². The van der Waals surface area contributed by atoms with Crippen LogP contribution in [0.2, 0.25) is 0 Å². The van der Waals surface area contributed by atoms with Gasteiger partial charge in [-0.25, -0.2) is 0 Å². The molecule has 0 radical (unpaired) electrons. The molecular formula is C21H25NO2. The largest absolute Gasteiger partial charge is 0.378 e. The minimum Gasteiger partial charge on any atom is -0.378 e. The zero-order valence-electron chi connectivity index (χ0n) is 14.3. The molecule has 1 fully saturated rings. The highest BCUT2D eigenvalue weighted by atomic mass is 16.5. The maximum absolute atomic E-state index is 12.7. The summed E-state index contributed by atoms with van der Waals surface area (Å²) in [6, 6.07) is 18.7. The van der Waals surface area contributed by atoms with Crippen LogP contribution >= 0.6 is 0 Å². The number of amides is 1. The van der Waals surface area contributed by atoms with Crippen LogP contribution in [-0.2, 0) is 4.74 Å². The third kappa shape index (κ3) is 3.85. The minimum atomic E-state index is 0.114. The van der Waals surface area contributed by atoms with Crippen LogP contribution in [0, 0.1) is 0 Å². The summed E-state index contributed by atoms with van der Waals surface area (Å²) in [6.07, 6.45) is 2.19. The molecule has 1 heterocycles. The van der Waals surface area contributed by atoms with Gasteiger partial charge in [0.25, 0.3) is 5.91 Å². The Balaban J connectivity index is 1.86. The van der Waals surface area contributed by atoms with E-state index in [4.69, 9.17) is 4.74 Å². The van der Waals surface area contributed by atoms with E-state index >= 15 is 0 Å². The van der Waals surface area contributed by atoms with Crippen molar-refractivity contribution < 1.29 is 9.53 Å². The molecule has 3 rings (SSSR count). The van der Waals surface area contributed by atoms with Crippen molar-refractivity contribution >= 4 is 5.91 Å². The third-order valence-corrected chi connectivity index (χ3v) is 4.61. The summed E-state index contributed by atoms with van der Waals surface area (Å²) in [5, 5.41) is 0. The van der Waals surface area contributed by atoms with E-state index < -0.39 is 0 Å². The quantitative estimate of drug-likeness (QED) is 0.829. The van der Waals surface area contributed by atoms with Gasteiger partial charge in [-0.2, -0.15) is 0 Å². The van der Waals surface area contributed by atoms with Crippen LogP contribution in [0.1, 0.15) is 47.2 Å². The van der Waals surface area contributed by atoms with Crippen molar-refractivity contribution in [3.63, 3.8) is 0 Å². The molecule has 3 heteroatoms. The lowest BCUT2D eigenvalue weighted by molar-refractivity contribution is 0.0303.